The number of hydrogen-bond donors (Lipinski definition) is 0. The van der Waals surface area contributed by atoms with Crippen molar-refractivity contribution in [3.63, 3.8) is 0 Å². The minimum Gasteiger partial charge on any atom is -0.378 e. The Morgan fingerprint density at radius 3 is 1.60 bits per heavy atom. The van der Waals surface area contributed by atoms with Gasteiger partial charge in [0.25, 0.3) is 0 Å². The fourth-order valence-electron chi connectivity index (χ4n) is 1.94. The standard InChI is InChI=1S/C19H21N/c1-15(2)18-11-7-16(8-12-18)5-6-17-9-13-19(14-10-17)20(3)4/h7-15H,1-4H3. The summed E-state index contributed by atoms with van der Waals surface area (Å²) in [7, 11) is 4.08. The van der Waals surface area contributed by atoms with E-state index in [-0.39, 0.29) is 0 Å². The molecule has 0 aromatic heterocycles. The molecule has 0 amide bonds. The quantitative estimate of drug-likeness (QED) is 0.731. The lowest BCUT2D eigenvalue weighted by Gasteiger charge is -2.11. The molecule has 0 aliphatic rings. The number of benzene rings is 2. The second-order valence-corrected chi connectivity index (χ2v) is 5.47. The van der Waals surface area contributed by atoms with Gasteiger partial charge in [0.05, 0.1) is 0 Å². The summed E-state index contributed by atoms with van der Waals surface area (Å²) in [6.45, 7) is 4.40. The summed E-state index contributed by atoms with van der Waals surface area (Å²) in [6.07, 6.45) is 0. The van der Waals surface area contributed by atoms with Crippen LogP contribution in [0.25, 0.3) is 0 Å². The lowest BCUT2D eigenvalue weighted by Crippen LogP contribution is -2.07. The van der Waals surface area contributed by atoms with Crippen LogP contribution >= 0.6 is 0 Å². The molecule has 102 valence electrons. The molecule has 0 unspecified atom stereocenters. The third-order valence-corrected chi connectivity index (χ3v) is 3.31. The van der Waals surface area contributed by atoms with Gasteiger partial charge in [-0.25, -0.2) is 0 Å². The zero-order valence-corrected chi connectivity index (χ0v) is 12.6. The number of nitrogens with zero attached hydrogens (tertiary/aromatic N) is 1. The Morgan fingerprint density at radius 2 is 1.20 bits per heavy atom. The second kappa shape index (κ2) is 6.30. The van der Waals surface area contributed by atoms with Gasteiger partial charge in [-0.1, -0.05) is 37.8 Å². The van der Waals surface area contributed by atoms with Gasteiger partial charge in [-0.3, -0.25) is 0 Å². The molecule has 0 saturated heterocycles. The van der Waals surface area contributed by atoms with Gasteiger partial charge in [0.1, 0.15) is 0 Å². The molecule has 2 aromatic carbocycles. The third-order valence-electron chi connectivity index (χ3n) is 3.31. The van der Waals surface area contributed by atoms with Crippen LogP contribution in [0, 0.1) is 11.8 Å². The molecule has 0 N–H and O–H groups in total. The molecule has 0 spiro atoms. The van der Waals surface area contributed by atoms with Crippen molar-refractivity contribution in [1.82, 2.24) is 0 Å². The van der Waals surface area contributed by atoms with Crippen molar-refractivity contribution in [2.24, 2.45) is 0 Å². The molecular formula is C19H21N. The number of rotatable bonds is 2. The summed E-state index contributed by atoms with van der Waals surface area (Å²) in [5, 5.41) is 0. The molecule has 2 aromatic rings. The first-order valence-corrected chi connectivity index (χ1v) is 6.95. The van der Waals surface area contributed by atoms with E-state index in [1.54, 1.807) is 0 Å². The van der Waals surface area contributed by atoms with Crippen LogP contribution in [0.3, 0.4) is 0 Å². The smallest absolute Gasteiger partial charge is 0.0361 e. The van der Waals surface area contributed by atoms with Crippen LogP contribution in [-0.4, -0.2) is 14.1 Å². The average Bonchev–Trinajstić information content (AvgIpc) is 2.46. The van der Waals surface area contributed by atoms with E-state index < -0.39 is 0 Å². The van der Waals surface area contributed by atoms with Crippen molar-refractivity contribution in [2.45, 2.75) is 19.8 Å². The highest BCUT2D eigenvalue weighted by atomic mass is 15.1. The average molecular weight is 263 g/mol. The first kappa shape index (κ1) is 14.2. The molecule has 0 fully saturated rings. The van der Waals surface area contributed by atoms with Gasteiger partial charge in [0.15, 0.2) is 0 Å². The monoisotopic (exact) mass is 263 g/mol. The van der Waals surface area contributed by atoms with Crippen molar-refractivity contribution >= 4 is 5.69 Å². The van der Waals surface area contributed by atoms with Gasteiger partial charge in [-0.2, -0.15) is 0 Å². The SMILES string of the molecule is CC(C)c1ccc(C#Cc2ccc(N(C)C)cc2)cc1. The van der Waals surface area contributed by atoms with Crippen molar-refractivity contribution in [2.75, 3.05) is 19.0 Å². The molecular weight excluding hydrogens is 242 g/mol. The molecule has 20 heavy (non-hydrogen) atoms. The Hall–Kier alpha value is -2.20. The summed E-state index contributed by atoms with van der Waals surface area (Å²) in [6, 6.07) is 16.8. The molecule has 0 radical (unpaired) electrons. The summed E-state index contributed by atoms with van der Waals surface area (Å²) in [4.78, 5) is 2.09. The predicted octanol–water partition coefficient (Wildman–Crippen LogP) is 4.28. The molecule has 1 nitrogen and oxygen atoms in total. The van der Waals surface area contributed by atoms with Gasteiger partial charge in [-0.05, 0) is 47.9 Å². The first-order chi connectivity index (χ1) is 9.56. The van der Waals surface area contributed by atoms with Crippen molar-refractivity contribution in [1.29, 1.82) is 0 Å². The van der Waals surface area contributed by atoms with Gasteiger partial charge < -0.3 is 4.90 Å². The number of hydrogen-bond acceptors (Lipinski definition) is 1. The van der Waals surface area contributed by atoms with E-state index in [0.29, 0.717) is 5.92 Å². The number of anilines is 1. The molecule has 0 heterocycles. The molecule has 0 saturated carbocycles. The van der Waals surface area contributed by atoms with Crippen LogP contribution in [0.5, 0.6) is 0 Å². The van der Waals surface area contributed by atoms with E-state index in [1.165, 1.54) is 11.3 Å². The Balaban J connectivity index is 2.13. The molecule has 1 heteroatoms. The van der Waals surface area contributed by atoms with E-state index in [9.17, 15) is 0 Å². The van der Waals surface area contributed by atoms with Crippen molar-refractivity contribution < 1.29 is 0 Å². The Labute approximate surface area is 122 Å². The van der Waals surface area contributed by atoms with Gasteiger partial charge in [-0.15, -0.1) is 0 Å². The van der Waals surface area contributed by atoms with E-state index >= 15 is 0 Å². The lowest BCUT2D eigenvalue weighted by molar-refractivity contribution is 0.866. The van der Waals surface area contributed by atoms with Crippen molar-refractivity contribution in [3.05, 3.63) is 65.2 Å². The third kappa shape index (κ3) is 3.65. The maximum absolute atomic E-state index is 3.21. The fraction of sp³-hybridized carbons (Fsp3) is 0.263. The Kier molecular flexibility index (Phi) is 4.48. The second-order valence-electron chi connectivity index (χ2n) is 5.47. The maximum atomic E-state index is 3.21. The summed E-state index contributed by atoms with van der Waals surface area (Å²) in [5.74, 6) is 6.98. The summed E-state index contributed by atoms with van der Waals surface area (Å²) in [5.41, 5.74) is 4.65. The Bertz CT molecular complexity index is 552. The maximum Gasteiger partial charge on any atom is 0.0361 e. The highest BCUT2D eigenvalue weighted by molar-refractivity contribution is 5.51. The molecule has 0 atom stereocenters. The molecule has 0 aliphatic carbocycles. The topological polar surface area (TPSA) is 3.24 Å². The van der Waals surface area contributed by atoms with E-state index in [0.717, 1.165) is 11.1 Å². The normalized spacial score (nSPS) is 10.1. The highest BCUT2D eigenvalue weighted by Gasteiger charge is 1.97. The van der Waals surface area contributed by atoms with E-state index in [1.807, 2.05) is 14.1 Å². The van der Waals surface area contributed by atoms with Crippen molar-refractivity contribution in [3.8, 4) is 11.8 Å². The van der Waals surface area contributed by atoms with Crippen LogP contribution in [0.15, 0.2) is 48.5 Å². The zero-order valence-electron chi connectivity index (χ0n) is 12.6. The van der Waals surface area contributed by atoms with Gasteiger partial charge in [0.2, 0.25) is 0 Å². The minimum absolute atomic E-state index is 0.565. The van der Waals surface area contributed by atoms with Gasteiger partial charge in [0, 0.05) is 30.9 Å². The molecule has 2 rings (SSSR count). The van der Waals surface area contributed by atoms with Crippen LogP contribution in [0.1, 0.15) is 36.5 Å². The van der Waals surface area contributed by atoms with Gasteiger partial charge >= 0.3 is 0 Å². The summed E-state index contributed by atoms with van der Waals surface area (Å²) >= 11 is 0. The minimum atomic E-state index is 0.565. The molecule has 0 aliphatic heterocycles. The largest absolute Gasteiger partial charge is 0.378 e. The summed E-state index contributed by atoms with van der Waals surface area (Å²) < 4.78 is 0. The Morgan fingerprint density at radius 1 is 0.750 bits per heavy atom. The van der Waals surface area contributed by atoms with Crippen LogP contribution in [0.2, 0.25) is 0 Å². The van der Waals surface area contributed by atoms with Crippen LogP contribution < -0.4 is 4.90 Å². The van der Waals surface area contributed by atoms with E-state index in [4.69, 9.17) is 0 Å². The lowest BCUT2D eigenvalue weighted by atomic mass is 10.0. The highest BCUT2D eigenvalue weighted by Crippen LogP contribution is 2.14. The zero-order chi connectivity index (χ0) is 14.5. The fourth-order valence-corrected chi connectivity index (χ4v) is 1.94. The van der Waals surface area contributed by atoms with Crippen LogP contribution in [-0.2, 0) is 0 Å². The molecule has 0 bridgehead atoms. The van der Waals surface area contributed by atoms with E-state index in [2.05, 4.69) is 79.1 Å². The first-order valence-electron chi connectivity index (χ1n) is 6.95. The predicted molar refractivity (Wildman–Crippen MR) is 87.3 cm³/mol. The van der Waals surface area contributed by atoms with Crippen LogP contribution in [0.4, 0.5) is 5.69 Å².